The Hall–Kier alpha value is -4.39. The quantitative estimate of drug-likeness (QED) is 0.154. The van der Waals surface area contributed by atoms with E-state index in [1.807, 2.05) is 33.8 Å². The summed E-state index contributed by atoms with van der Waals surface area (Å²) in [5.41, 5.74) is 1.89. The van der Waals surface area contributed by atoms with E-state index < -0.39 is 6.04 Å². The van der Waals surface area contributed by atoms with Gasteiger partial charge in [0.25, 0.3) is 5.91 Å². The fourth-order valence-corrected chi connectivity index (χ4v) is 8.79. The third-order valence-electron chi connectivity index (χ3n) is 11.9. The number of likely N-dealkylation sites (tertiary alicyclic amines) is 1. The predicted octanol–water partition coefficient (Wildman–Crippen LogP) is 6.37. The monoisotopic (exact) mass is 790 g/mol. The summed E-state index contributed by atoms with van der Waals surface area (Å²) in [4.78, 5) is 63.6. The van der Waals surface area contributed by atoms with Crippen LogP contribution in [-0.2, 0) is 19.1 Å². The molecule has 1 aromatic rings. The molecule has 2 atom stereocenters. The summed E-state index contributed by atoms with van der Waals surface area (Å²) in [5, 5.41) is 9.43. The first kappa shape index (κ1) is 43.7. The zero-order valence-electron chi connectivity index (χ0n) is 35.2. The molecule has 0 aromatic heterocycles. The number of carbonyl (C=O) groups is 4. The molecule has 2 saturated heterocycles. The van der Waals surface area contributed by atoms with E-state index in [2.05, 4.69) is 32.3 Å². The van der Waals surface area contributed by atoms with Crippen molar-refractivity contribution < 1.29 is 28.7 Å². The molecule has 2 heterocycles. The molecule has 57 heavy (non-hydrogen) atoms. The molecule has 2 aliphatic heterocycles. The first-order chi connectivity index (χ1) is 27.4. The number of esters is 1. The van der Waals surface area contributed by atoms with Crippen molar-refractivity contribution in [1.29, 1.82) is 0 Å². The highest BCUT2D eigenvalue weighted by Gasteiger charge is 2.42. The van der Waals surface area contributed by atoms with E-state index in [-0.39, 0.29) is 53.8 Å². The largest absolute Gasteiger partial charge is 0.495 e. The first-order valence-corrected chi connectivity index (χ1v) is 21.4. The predicted molar refractivity (Wildman–Crippen MR) is 224 cm³/mol. The topological polar surface area (TPSA) is 145 Å². The van der Waals surface area contributed by atoms with Crippen LogP contribution in [0.5, 0.6) is 5.75 Å². The minimum atomic E-state index is -0.602. The van der Waals surface area contributed by atoms with Crippen LogP contribution in [-0.4, -0.2) is 108 Å². The zero-order chi connectivity index (χ0) is 41.1. The second kappa shape index (κ2) is 20.9. The highest BCUT2D eigenvalue weighted by Crippen LogP contribution is 2.34. The van der Waals surface area contributed by atoms with Crippen LogP contribution >= 0.6 is 0 Å². The number of piperidine rings is 1. The summed E-state index contributed by atoms with van der Waals surface area (Å²) in [6.45, 7) is 14.7. The minimum absolute atomic E-state index is 0.0197. The number of aliphatic imine (C=N–C) groups is 1. The van der Waals surface area contributed by atoms with Crippen LogP contribution in [0.15, 0.2) is 47.4 Å². The maximum Gasteiger partial charge on any atom is 0.328 e. The molecule has 0 bridgehead atoms. The Morgan fingerprint density at radius 1 is 1.04 bits per heavy atom. The van der Waals surface area contributed by atoms with Gasteiger partial charge in [0.05, 0.1) is 18.5 Å². The summed E-state index contributed by atoms with van der Waals surface area (Å²) in [5.74, 6) is 1.39. The van der Waals surface area contributed by atoms with Gasteiger partial charge in [-0.05, 0) is 108 Å². The lowest BCUT2D eigenvalue weighted by Crippen LogP contribution is -2.60. The Morgan fingerprint density at radius 2 is 1.72 bits per heavy atom. The van der Waals surface area contributed by atoms with Crippen molar-refractivity contribution in [1.82, 2.24) is 25.3 Å². The van der Waals surface area contributed by atoms with Crippen LogP contribution in [0, 0.1) is 5.92 Å². The van der Waals surface area contributed by atoms with Gasteiger partial charge in [-0.3, -0.25) is 14.4 Å². The van der Waals surface area contributed by atoms with Gasteiger partial charge in [-0.25, -0.2) is 9.79 Å². The number of carbonyl (C=O) groups excluding carboxylic acids is 4. The molecule has 13 heteroatoms. The number of allylic oxidation sites excluding steroid dienone is 1. The van der Waals surface area contributed by atoms with Gasteiger partial charge in [-0.1, -0.05) is 46.3 Å². The third kappa shape index (κ3) is 11.6. The fourth-order valence-electron chi connectivity index (χ4n) is 8.79. The summed E-state index contributed by atoms with van der Waals surface area (Å²) < 4.78 is 11.4. The van der Waals surface area contributed by atoms with E-state index in [1.165, 1.54) is 0 Å². The molecule has 5 rings (SSSR count). The summed E-state index contributed by atoms with van der Waals surface area (Å²) in [7, 11) is 3.37. The molecule has 13 nitrogen and oxygen atoms in total. The third-order valence-corrected chi connectivity index (χ3v) is 11.9. The molecular formula is C44H67N7O6. The number of hydrogen-bond donors (Lipinski definition) is 3. The second-order valence-corrected chi connectivity index (χ2v) is 16.5. The Bertz CT molecular complexity index is 1640. The molecule has 0 spiro atoms. The van der Waals surface area contributed by atoms with E-state index in [0.717, 1.165) is 95.4 Å². The van der Waals surface area contributed by atoms with Crippen molar-refractivity contribution in [3.8, 4) is 5.75 Å². The van der Waals surface area contributed by atoms with Gasteiger partial charge in [0.2, 0.25) is 11.8 Å². The molecule has 314 valence electrons. The van der Waals surface area contributed by atoms with Crippen molar-refractivity contribution in [2.75, 3.05) is 39.1 Å². The molecule has 4 fully saturated rings. The molecule has 1 unspecified atom stereocenters. The Kier molecular flexibility index (Phi) is 16.0. The molecule has 0 radical (unpaired) electrons. The summed E-state index contributed by atoms with van der Waals surface area (Å²) in [6.07, 6.45) is 14.1. The second-order valence-electron chi connectivity index (χ2n) is 16.5. The number of amides is 3. The average molecular weight is 790 g/mol. The first-order valence-electron chi connectivity index (χ1n) is 21.4. The Labute approximate surface area is 340 Å². The molecule has 2 aliphatic carbocycles. The van der Waals surface area contributed by atoms with Crippen LogP contribution < -0.4 is 20.7 Å². The van der Waals surface area contributed by atoms with Crippen LogP contribution in [0.3, 0.4) is 0 Å². The number of hydrogen-bond acceptors (Lipinski definition) is 9. The number of ether oxygens (including phenoxy) is 2. The zero-order valence-corrected chi connectivity index (χ0v) is 35.2. The lowest BCUT2D eigenvalue weighted by atomic mass is 10.0. The molecule has 2 saturated carbocycles. The van der Waals surface area contributed by atoms with Crippen molar-refractivity contribution in [2.45, 2.75) is 148 Å². The van der Waals surface area contributed by atoms with Gasteiger partial charge in [-0.15, -0.1) is 0 Å². The molecule has 3 amide bonds. The van der Waals surface area contributed by atoms with Crippen LogP contribution in [0.1, 0.15) is 128 Å². The van der Waals surface area contributed by atoms with Gasteiger partial charge in [0, 0.05) is 44.2 Å². The van der Waals surface area contributed by atoms with Crippen molar-refractivity contribution in [3.63, 3.8) is 0 Å². The fraction of sp³-hybridized carbons (Fsp3) is 0.659. The lowest BCUT2D eigenvalue weighted by Gasteiger charge is -2.45. The standard InChI is InChI=1S/C44H67N7O6/c1-8-37-41(51(33-15-10-11-16-33)38(9-2)43(54)49(37)6)46-30(5)45-35-21-20-31(28-39(35)56-7)42(53)47-32-22-25-50(26-23-32)24-14-19-40(52)48-36(27-29(3)4)44(55)57-34-17-12-13-18-34/h8,20-21,28-29,32-34,36,38,45H,5,9-19,22-27H2,1-4,6-7H3,(H,47,53)(H,48,52)/b37-8+,46-41+/t36-,38?/m1/s1. The van der Waals surface area contributed by atoms with Crippen molar-refractivity contribution in [2.24, 2.45) is 10.9 Å². The average Bonchev–Trinajstić information content (AvgIpc) is 3.92. The van der Waals surface area contributed by atoms with Crippen LogP contribution in [0.2, 0.25) is 0 Å². The highest BCUT2D eigenvalue weighted by molar-refractivity contribution is 6.08. The van der Waals surface area contributed by atoms with Gasteiger partial charge in [0.1, 0.15) is 29.8 Å². The number of amidine groups is 1. The van der Waals surface area contributed by atoms with Crippen molar-refractivity contribution in [3.05, 3.63) is 47.9 Å². The van der Waals surface area contributed by atoms with Crippen LogP contribution in [0.25, 0.3) is 0 Å². The van der Waals surface area contributed by atoms with E-state index in [4.69, 9.17) is 14.5 Å². The molecule has 1 aromatic carbocycles. The summed E-state index contributed by atoms with van der Waals surface area (Å²) >= 11 is 0. The van der Waals surface area contributed by atoms with Gasteiger partial charge >= 0.3 is 5.97 Å². The molecule has 4 aliphatic rings. The number of likely N-dealkylation sites (N-methyl/N-ethyl adjacent to an activating group) is 1. The number of methoxy groups -OCH3 is 1. The number of rotatable bonds is 17. The number of nitrogens with one attached hydrogen (secondary N) is 3. The molecule has 3 N–H and O–H groups in total. The van der Waals surface area contributed by atoms with E-state index in [9.17, 15) is 19.2 Å². The van der Waals surface area contributed by atoms with Crippen molar-refractivity contribution >= 4 is 35.2 Å². The maximum atomic E-state index is 13.4. The van der Waals surface area contributed by atoms with Gasteiger partial charge < -0.3 is 40.1 Å². The van der Waals surface area contributed by atoms with Crippen LogP contribution in [0.4, 0.5) is 5.69 Å². The van der Waals surface area contributed by atoms with Gasteiger partial charge in [0.15, 0.2) is 5.84 Å². The number of benzene rings is 1. The number of piperazine rings is 1. The number of anilines is 1. The van der Waals surface area contributed by atoms with E-state index >= 15 is 0 Å². The van der Waals surface area contributed by atoms with E-state index in [0.29, 0.717) is 48.5 Å². The number of nitrogens with zero attached hydrogens (tertiary/aromatic N) is 4. The Morgan fingerprint density at radius 3 is 2.35 bits per heavy atom. The maximum absolute atomic E-state index is 13.4. The highest BCUT2D eigenvalue weighted by atomic mass is 16.5. The smallest absolute Gasteiger partial charge is 0.328 e. The normalized spacial score (nSPS) is 22.0. The molecular weight excluding hydrogens is 723 g/mol. The Balaban J connectivity index is 1.10. The minimum Gasteiger partial charge on any atom is -0.495 e. The summed E-state index contributed by atoms with van der Waals surface area (Å²) in [6, 6.07) is 4.70. The SMILES string of the molecule is C=C(/N=C1\C(=C/C)N(C)C(=O)C(CC)N1C1CCCC1)Nc1ccc(C(=O)NC2CCN(CCCC(=O)N[C@H](CC(C)C)C(=O)OC3CCCC3)CC2)cc1OC. The van der Waals surface area contributed by atoms with E-state index in [1.54, 1.807) is 37.3 Å². The van der Waals surface area contributed by atoms with Gasteiger partial charge in [-0.2, -0.15) is 0 Å². The lowest BCUT2D eigenvalue weighted by molar-refractivity contribution is -0.153.